The molecule has 0 saturated heterocycles. The number of carbonyl (C=O) groups is 2. The monoisotopic (exact) mass is 901 g/mol. The van der Waals surface area contributed by atoms with E-state index in [1.807, 2.05) is 0 Å². The van der Waals surface area contributed by atoms with E-state index in [1.165, 1.54) is 0 Å². The molecule has 22 heteroatoms. The van der Waals surface area contributed by atoms with E-state index in [4.69, 9.17) is 57.2 Å². The van der Waals surface area contributed by atoms with Crippen LogP contribution in [0.3, 0.4) is 0 Å². The lowest BCUT2D eigenvalue weighted by molar-refractivity contribution is -0.126. The summed E-state index contributed by atoms with van der Waals surface area (Å²) in [5, 5.41) is 58.0. The van der Waals surface area contributed by atoms with E-state index < -0.39 is 36.9 Å². The molecule has 22 nitrogen and oxygen atoms in total. The average Bonchev–Trinajstić information content (AvgIpc) is 3.73. The second kappa shape index (κ2) is 42.6. The van der Waals surface area contributed by atoms with Gasteiger partial charge in [0, 0.05) is 45.2 Å². The third kappa shape index (κ3) is 36.0. The SMILES string of the molecule is CC(=O)CCOCCOCCOCCOCCOCCCCCOCCOCCOCCOCCOCCOCCn1cc(CCC(=O)NC[C@H](O)[C@@H](O)[C@H](O)[C@H](O)CO)nn1. The van der Waals surface area contributed by atoms with Crippen LogP contribution in [-0.4, -0.2) is 235 Å². The Morgan fingerprint density at radius 3 is 1.35 bits per heavy atom. The van der Waals surface area contributed by atoms with Crippen LogP contribution in [0.4, 0.5) is 0 Å². The van der Waals surface area contributed by atoms with Gasteiger partial charge in [-0.3, -0.25) is 9.59 Å². The number of hydrogen-bond donors (Lipinski definition) is 6. The van der Waals surface area contributed by atoms with Crippen LogP contribution >= 0.6 is 0 Å². The number of nitrogens with zero attached hydrogens (tertiary/aromatic N) is 3. The predicted molar refractivity (Wildman–Crippen MR) is 221 cm³/mol. The number of Topliss-reactive ketones (excluding diaryl/α,β-unsaturated/α-hetero) is 1. The maximum atomic E-state index is 12.1. The van der Waals surface area contributed by atoms with Gasteiger partial charge in [-0.05, 0) is 26.2 Å². The summed E-state index contributed by atoms with van der Waals surface area (Å²) in [6.45, 7) is 11.8. The minimum Gasteiger partial charge on any atom is -0.394 e. The van der Waals surface area contributed by atoms with Crippen LogP contribution in [0.5, 0.6) is 0 Å². The molecule has 62 heavy (non-hydrogen) atoms. The van der Waals surface area contributed by atoms with Crippen LogP contribution < -0.4 is 5.32 Å². The first kappa shape index (κ1) is 57.7. The number of rotatable bonds is 48. The van der Waals surface area contributed by atoms with Gasteiger partial charge in [0.15, 0.2) is 0 Å². The Morgan fingerprint density at radius 2 is 0.935 bits per heavy atom. The summed E-state index contributed by atoms with van der Waals surface area (Å²) in [4.78, 5) is 22.9. The number of aryl methyl sites for hydroxylation is 1. The molecule has 1 amide bonds. The standard InChI is InChI=1S/C40H76N4O18/c1-34(46)7-11-54-15-19-58-23-27-60-25-21-56-17-13-52-9-3-2-4-10-53-14-18-57-22-26-61-29-30-62-28-24-59-20-16-55-12-8-44-32-35(42-43-44)5-6-38(49)41-31-36(47)39(50)40(51)37(48)33-45/h32,36-37,39-40,45,47-48,50-51H,2-31,33H2,1H3,(H,41,49)/t36-,37+,39+,40+/m0/s1. The molecule has 364 valence electrons. The summed E-state index contributed by atoms with van der Waals surface area (Å²) in [5.41, 5.74) is 0.590. The number of nitrogens with one attached hydrogen (secondary N) is 1. The molecule has 0 aliphatic carbocycles. The Hall–Kier alpha value is -2.36. The molecule has 0 aliphatic rings. The van der Waals surface area contributed by atoms with Crippen LogP contribution in [0.15, 0.2) is 6.20 Å². The van der Waals surface area contributed by atoms with Crippen LogP contribution in [0.2, 0.25) is 0 Å². The molecule has 1 aromatic rings. The van der Waals surface area contributed by atoms with Crippen LogP contribution in [0.1, 0.15) is 44.7 Å². The van der Waals surface area contributed by atoms with E-state index in [9.17, 15) is 30.0 Å². The fourth-order valence-corrected chi connectivity index (χ4v) is 4.94. The Balaban J connectivity index is 1.75. The fourth-order valence-electron chi connectivity index (χ4n) is 4.94. The lowest BCUT2D eigenvalue weighted by atomic mass is 10.0. The first-order valence-electron chi connectivity index (χ1n) is 21.6. The van der Waals surface area contributed by atoms with Gasteiger partial charge < -0.3 is 83.0 Å². The van der Waals surface area contributed by atoms with Crippen molar-refractivity contribution in [2.45, 2.75) is 76.4 Å². The van der Waals surface area contributed by atoms with Crippen LogP contribution in [0, 0.1) is 0 Å². The van der Waals surface area contributed by atoms with Crippen molar-refractivity contribution in [3.63, 3.8) is 0 Å². The second-order valence-corrected chi connectivity index (χ2v) is 13.8. The molecule has 0 fully saturated rings. The van der Waals surface area contributed by atoms with E-state index in [0.29, 0.717) is 170 Å². The van der Waals surface area contributed by atoms with Crippen molar-refractivity contribution in [3.8, 4) is 0 Å². The Labute approximate surface area is 365 Å². The highest BCUT2D eigenvalue weighted by Gasteiger charge is 2.30. The zero-order valence-corrected chi connectivity index (χ0v) is 36.7. The Kier molecular flexibility index (Phi) is 39.6. The van der Waals surface area contributed by atoms with E-state index in [1.54, 1.807) is 17.8 Å². The molecule has 0 saturated carbocycles. The van der Waals surface area contributed by atoms with Crippen LogP contribution in [-0.2, 0) is 74.7 Å². The summed E-state index contributed by atoms with van der Waals surface area (Å²) >= 11 is 0. The number of ketones is 1. The summed E-state index contributed by atoms with van der Waals surface area (Å²) in [6, 6.07) is 0. The van der Waals surface area contributed by atoms with Gasteiger partial charge in [0.2, 0.25) is 5.91 Å². The molecule has 0 radical (unpaired) electrons. The maximum absolute atomic E-state index is 12.1. The van der Waals surface area contributed by atoms with Gasteiger partial charge in [-0.2, -0.15) is 0 Å². The normalized spacial score (nSPS) is 13.6. The lowest BCUT2D eigenvalue weighted by Crippen LogP contribution is -2.49. The van der Waals surface area contributed by atoms with Gasteiger partial charge in [0.05, 0.1) is 157 Å². The number of aliphatic hydroxyl groups excluding tert-OH is 5. The van der Waals surface area contributed by atoms with E-state index in [2.05, 4.69) is 15.6 Å². The Bertz CT molecular complexity index is 1160. The summed E-state index contributed by atoms with van der Waals surface area (Å²) in [7, 11) is 0. The van der Waals surface area contributed by atoms with Crippen molar-refractivity contribution in [2.24, 2.45) is 0 Å². The molecular formula is C40H76N4O18. The quantitative estimate of drug-likeness (QED) is 0.0390. The summed E-state index contributed by atoms with van der Waals surface area (Å²) in [5.74, 6) is -0.290. The van der Waals surface area contributed by atoms with Crippen molar-refractivity contribution in [1.29, 1.82) is 0 Å². The minimum atomic E-state index is -1.76. The second-order valence-electron chi connectivity index (χ2n) is 13.8. The molecule has 0 aliphatic heterocycles. The smallest absolute Gasteiger partial charge is 0.220 e. The number of amides is 1. The lowest BCUT2D eigenvalue weighted by Gasteiger charge is -2.25. The third-order valence-corrected chi connectivity index (χ3v) is 8.52. The number of carbonyl (C=O) groups excluding carboxylic acids is 2. The van der Waals surface area contributed by atoms with Gasteiger partial charge in [0.1, 0.15) is 24.1 Å². The largest absolute Gasteiger partial charge is 0.394 e. The highest BCUT2D eigenvalue weighted by Crippen LogP contribution is 2.05. The molecule has 0 spiro atoms. The summed E-state index contributed by atoms with van der Waals surface area (Å²) < 4.78 is 62.0. The van der Waals surface area contributed by atoms with Crippen molar-refractivity contribution in [2.75, 3.05) is 159 Å². The molecule has 1 rings (SSSR count). The van der Waals surface area contributed by atoms with Gasteiger partial charge in [-0.25, -0.2) is 4.68 Å². The number of aromatic nitrogens is 3. The molecule has 0 aromatic carbocycles. The van der Waals surface area contributed by atoms with E-state index >= 15 is 0 Å². The molecule has 0 unspecified atom stereocenters. The predicted octanol–water partition coefficient (Wildman–Crippen LogP) is -1.91. The van der Waals surface area contributed by atoms with Gasteiger partial charge >= 0.3 is 0 Å². The highest BCUT2D eigenvalue weighted by molar-refractivity contribution is 5.76. The van der Waals surface area contributed by atoms with Crippen LogP contribution in [0.25, 0.3) is 0 Å². The zero-order valence-electron chi connectivity index (χ0n) is 36.7. The first-order chi connectivity index (χ1) is 30.2. The average molecular weight is 901 g/mol. The molecule has 4 atom stereocenters. The number of aliphatic hydroxyl groups is 5. The van der Waals surface area contributed by atoms with Gasteiger partial charge in [-0.1, -0.05) is 5.21 Å². The summed E-state index contributed by atoms with van der Waals surface area (Å²) in [6.07, 6.45) is -1.18. The molecule has 1 heterocycles. The van der Waals surface area contributed by atoms with E-state index in [-0.39, 0.29) is 18.7 Å². The number of hydrogen-bond acceptors (Lipinski definition) is 20. The fraction of sp³-hybridized carbons (Fsp3) is 0.900. The van der Waals surface area contributed by atoms with Gasteiger partial charge in [-0.15, -0.1) is 5.10 Å². The topological polar surface area (TPSA) is 280 Å². The molecular weight excluding hydrogens is 824 g/mol. The third-order valence-electron chi connectivity index (χ3n) is 8.52. The molecule has 1 aromatic heterocycles. The van der Waals surface area contributed by atoms with Crippen molar-refractivity contribution < 1.29 is 87.2 Å². The van der Waals surface area contributed by atoms with Crippen molar-refractivity contribution in [3.05, 3.63) is 11.9 Å². The molecule has 6 N–H and O–H groups in total. The number of unbranched alkanes of at least 4 members (excludes halogenated alkanes) is 2. The van der Waals surface area contributed by atoms with Crippen molar-refractivity contribution >= 4 is 11.7 Å². The number of ether oxygens (including phenoxy) is 11. The Morgan fingerprint density at radius 1 is 0.548 bits per heavy atom. The highest BCUT2D eigenvalue weighted by atomic mass is 16.6. The van der Waals surface area contributed by atoms with E-state index in [0.717, 1.165) is 19.3 Å². The zero-order chi connectivity index (χ0) is 45.1. The van der Waals surface area contributed by atoms with Crippen molar-refractivity contribution in [1.82, 2.24) is 20.3 Å². The minimum absolute atomic E-state index is 0.0569. The first-order valence-corrected chi connectivity index (χ1v) is 21.6. The molecule has 0 bridgehead atoms. The maximum Gasteiger partial charge on any atom is 0.220 e. The van der Waals surface area contributed by atoms with Gasteiger partial charge in [0.25, 0.3) is 0 Å².